The van der Waals surface area contributed by atoms with Gasteiger partial charge < -0.3 is 4.65 Å². The minimum absolute atomic E-state index is 0.0189. The minimum atomic E-state index is -0.0189. The maximum absolute atomic E-state index is 12.1. The predicted molar refractivity (Wildman–Crippen MR) is 97.1 cm³/mol. The van der Waals surface area contributed by atoms with Crippen LogP contribution in [0.1, 0.15) is 44.6 Å². The quantitative estimate of drug-likeness (QED) is 0.715. The molecule has 1 aliphatic rings. The van der Waals surface area contributed by atoms with E-state index < -0.39 is 0 Å². The summed E-state index contributed by atoms with van der Waals surface area (Å²) in [5.41, 5.74) is 1.29. The lowest BCUT2D eigenvalue weighted by Crippen LogP contribution is -2.38. The van der Waals surface area contributed by atoms with Gasteiger partial charge in [0.05, 0.1) is 5.92 Å². The van der Waals surface area contributed by atoms with Crippen molar-refractivity contribution in [2.75, 3.05) is 13.1 Å². The molecule has 0 N–H and O–H groups in total. The van der Waals surface area contributed by atoms with Crippen LogP contribution in [-0.4, -0.2) is 32.0 Å². The molecular weight excluding hydrogens is 308 g/mol. The summed E-state index contributed by atoms with van der Waals surface area (Å²) in [4.78, 5) is 14.5. The highest BCUT2D eigenvalue weighted by atomic mass is 35.5. The Bertz CT molecular complexity index is 486. The van der Waals surface area contributed by atoms with Gasteiger partial charge in [-0.2, -0.15) is 0 Å². The van der Waals surface area contributed by atoms with Crippen molar-refractivity contribution in [3.05, 3.63) is 34.9 Å². The molecule has 23 heavy (non-hydrogen) atoms. The highest BCUT2D eigenvalue weighted by molar-refractivity contribution is 6.30. The van der Waals surface area contributed by atoms with Gasteiger partial charge in [0, 0.05) is 11.6 Å². The van der Waals surface area contributed by atoms with E-state index >= 15 is 0 Å². The van der Waals surface area contributed by atoms with Gasteiger partial charge >= 0.3 is 8.05 Å². The van der Waals surface area contributed by atoms with E-state index in [0.717, 1.165) is 56.8 Å². The van der Waals surface area contributed by atoms with E-state index in [-0.39, 0.29) is 11.9 Å². The molecule has 1 unspecified atom stereocenters. The van der Waals surface area contributed by atoms with Crippen molar-refractivity contribution >= 4 is 25.6 Å². The molecule has 0 amide bonds. The largest absolute Gasteiger partial charge is 0.543 e. The third kappa shape index (κ3) is 5.54. The number of rotatable bonds is 7. The van der Waals surface area contributed by atoms with Crippen LogP contribution in [-0.2, 0) is 16.0 Å². The van der Waals surface area contributed by atoms with E-state index in [0.29, 0.717) is 5.92 Å². The molecule has 0 radical (unpaired) electrons. The maximum atomic E-state index is 12.1. The molecule has 0 bridgehead atoms. The second-order valence-electron chi connectivity index (χ2n) is 6.51. The summed E-state index contributed by atoms with van der Waals surface area (Å²) in [5, 5.41) is 0.782. The zero-order valence-electron chi connectivity index (χ0n) is 14.3. The summed E-state index contributed by atoms with van der Waals surface area (Å²) < 4.78 is 5.03. The van der Waals surface area contributed by atoms with Gasteiger partial charge in [-0.15, -0.1) is 0 Å². The first-order valence-electron chi connectivity index (χ1n) is 8.68. The normalized spacial score (nSPS) is 17.8. The lowest BCUT2D eigenvalue weighted by Gasteiger charge is -2.35. The molecule has 1 saturated heterocycles. The van der Waals surface area contributed by atoms with Crippen LogP contribution in [0.4, 0.5) is 0 Å². The number of carbonyl (C=O) groups excluding carboxylic acids is 1. The van der Waals surface area contributed by atoms with Gasteiger partial charge in [-0.05, 0) is 56.0 Å². The molecule has 0 spiro atoms. The molecule has 1 aromatic rings. The van der Waals surface area contributed by atoms with E-state index in [2.05, 4.69) is 24.0 Å². The van der Waals surface area contributed by atoms with Crippen LogP contribution >= 0.6 is 11.6 Å². The van der Waals surface area contributed by atoms with E-state index in [4.69, 9.17) is 16.3 Å². The Hall–Kier alpha value is -0.995. The lowest BCUT2D eigenvalue weighted by atomic mass is 9.81. The smallest absolute Gasteiger partial charge is 0.325 e. The average molecular weight is 336 g/mol. The molecule has 3 nitrogen and oxygen atoms in total. The summed E-state index contributed by atoms with van der Waals surface area (Å²) in [7, 11) is 1.51. The molecular formula is C18H27BClNO2. The number of benzene rings is 1. The van der Waals surface area contributed by atoms with E-state index in [1.54, 1.807) is 0 Å². The molecule has 0 aliphatic carbocycles. The van der Waals surface area contributed by atoms with Gasteiger partial charge in [0.15, 0.2) is 0 Å². The summed E-state index contributed by atoms with van der Waals surface area (Å²) in [6, 6.07) is 8.07. The summed E-state index contributed by atoms with van der Waals surface area (Å²) in [6.07, 6.45) is 5.35. The van der Waals surface area contributed by atoms with Crippen LogP contribution < -0.4 is 0 Å². The fourth-order valence-electron chi connectivity index (χ4n) is 3.48. The topological polar surface area (TPSA) is 29.5 Å². The number of hydrogen-bond donors (Lipinski definition) is 0. The molecule has 0 saturated carbocycles. The summed E-state index contributed by atoms with van der Waals surface area (Å²) in [5.74, 6) is 0.530. The van der Waals surface area contributed by atoms with Crippen molar-refractivity contribution < 1.29 is 9.45 Å². The van der Waals surface area contributed by atoms with E-state index in [1.807, 2.05) is 12.1 Å². The number of unbranched alkanes of at least 4 members (excludes halogenated alkanes) is 1. The number of carbonyl (C=O) groups is 1. The lowest BCUT2D eigenvalue weighted by molar-refractivity contribution is -0.141. The molecule has 126 valence electrons. The van der Waals surface area contributed by atoms with E-state index in [1.165, 1.54) is 13.6 Å². The second-order valence-corrected chi connectivity index (χ2v) is 6.95. The second kappa shape index (κ2) is 9.34. The number of piperidine rings is 1. The van der Waals surface area contributed by atoms with Crippen molar-refractivity contribution in [1.29, 1.82) is 0 Å². The van der Waals surface area contributed by atoms with Gasteiger partial charge in [-0.3, -0.25) is 9.69 Å². The van der Waals surface area contributed by atoms with Crippen molar-refractivity contribution in [3.8, 4) is 0 Å². The van der Waals surface area contributed by atoms with Gasteiger partial charge in [-0.25, -0.2) is 0 Å². The Kier molecular flexibility index (Phi) is 7.45. The van der Waals surface area contributed by atoms with Crippen LogP contribution in [0, 0.1) is 11.8 Å². The van der Waals surface area contributed by atoms with Crippen LogP contribution in [0.3, 0.4) is 0 Å². The maximum Gasteiger partial charge on any atom is 0.325 e. The van der Waals surface area contributed by atoms with Crippen LogP contribution in [0.5, 0.6) is 0 Å². The van der Waals surface area contributed by atoms with Gasteiger partial charge in [0.25, 0.3) is 5.97 Å². The average Bonchev–Trinajstić information content (AvgIpc) is 2.58. The van der Waals surface area contributed by atoms with Crippen molar-refractivity contribution in [3.63, 3.8) is 0 Å². The Morgan fingerprint density at radius 3 is 2.57 bits per heavy atom. The number of hydrogen-bond acceptors (Lipinski definition) is 3. The Balaban J connectivity index is 1.85. The first-order chi connectivity index (χ1) is 11.1. The Morgan fingerprint density at radius 1 is 1.35 bits per heavy atom. The number of halogens is 1. The third-order valence-electron chi connectivity index (χ3n) is 4.89. The summed E-state index contributed by atoms with van der Waals surface area (Å²) in [6.45, 7) is 5.23. The number of nitrogens with zero attached hydrogens (tertiary/aromatic N) is 1. The molecule has 1 aliphatic heterocycles. The van der Waals surface area contributed by atoms with E-state index in [9.17, 15) is 4.79 Å². The van der Waals surface area contributed by atoms with Crippen LogP contribution in [0.25, 0.3) is 0 Å². The highest BCUT2D eigenvalue weighted by Gasteiger charge is 2.31. The molecule has 0 aromatic heterocycles. The van der Waals surface area contributed by atoms with Gasteiger partial charge in [0.1, 0.15) is 0 Å². The Morgan fingerprint density at radius 2 is 2.00 bits per heavy atom. The van der Waals surface area contributed by atoms with Gasteiger partial charge in [-0.1, -0.05) is 43.5 Å². The SMILES string of the molecule is BOC(=O)C(CCCC)C1CCN(Cc2ccc(Cl)cc2)CC1. The Labute approximate surface area is 145 Å². The highest BCUT2D eigenvalue weighted by Crippen LogP contribution is 2.30. The van der Waals surface area contributed by atoms with Crippen molar-refractivity contribution in [1.82, 2.24) is 4.90 Å². The monoisotopic (exact) mass is 335 g/mol. The first-order valence-corrected chi connectivity index (χ1v) is 9.06. The van der Waals surface area contributed by atoms with Gasteiger partial charge in [0.2, 0.25) is 0 Å². The van der Waals surface area contributed by atoms with Crippen molar-refractivity contribution in [2.45, 2.75) is 45.6 Å². The molecule has 5 heteroatoms. The third-order valence-corrected chi connectivity index (χ3v) is 5.15. The molecule has 1 atom stereocenters. The molecule has 1 fully saturated rings. The zero-order chi connectivity index (χ0) is 16.7. The van der Waals surface area contributed by atoms with Crippen LogP contribution in [0.15, 0.2) is 24.3 Å². The molecule has 1 heterocycles. The molecule has 1 aromatic carbocycles. The minimum Gasteiger partial charge on any atom is -0.543 e. The van der Waals surface area contributed by atoms with Crippen LogP contribution in [0.2, 0.25) is 5.02 Å². The first kappa shape index (κ1) is 18.3. The standard InChI is InChI=1S/C18H27BClNO2/c1-2-3-4-17(18(22)23-19)15-9-11-21(12-10-15)13-14-5-7-16(20)8-6-14/h5-8,15,17H,2-4,9-13,19H2,1H3. The van der Waals surface area contributed by atoms with Crippen molar-refractivity contribution in [2.24, 2.45) is 11.8 Å². The summed E-state index contributed by atoms with van der Waals surface area (Å²) >= 11 is 5.94. The fraction of sp³-hybridized carbons (Fsp3) is 0.611. The molecule has 2 rings (SSSR count). The predicted octanol–water partition coefficient (Wildman–Crippen LogP) is 3.45. The number of likely N-dealkylation sites (tertiary alicyclic amines) is 1. The fourth-order valence-corrected chi connectivity index (χ4v) is 3.61. The zero-order valence-corrected chi connectivity index (χ0v) is 15.0.